The monoisotopic (exact) mass is 285 g/mol. The van der Waals surface area contributed by atoms with Gasteiger partial charge in [-0.25, -0.2) is 0 Å². The van der Waals surface area contributed by atoms with Gasteiger partial charge in [-0.3, -0.25) is 0 Å². The van der Waals surface area contributed by atoms with E-state index < -0.39 is 0 Å². The highest BCUT2D eigenvalue weighted by atomic mass is 79.9. The van der Waals surface area contributed by atoms with Crippen LogP contribution < -0.4 is 4.74 Å². The Kier molecular flexibility index (Phi) is 5.29. The van der Waals surface area contributed by atoms with E-state index in [-0.39, 0.29) is 6.61 Å². The van der Waals surface area contributed by atoms with Gasteiger partial charge in [0.05, 0.1) is 13.2 Å². The second-order valence-corrected chi connectivity index (χ2v) is 5.23. The van der Waals surface area contributed by atoms with Crippen molar-refractivity contribution in [2.24, 2.45) is 5.92 Å². The lowest BCUT2D eigenvalue weighted by atomic mass is 10.0. The minimum atomic E-state index is 0.0695. The van der Waals surface area contributed by atoms with Gasteiger partial charge in [0.1, 0.15) is 5.75 Å². The van der Waals surface area contributed by atoms with Crippen molar-refractivity contribution in [3.63, 3.8) is 0 Å². The number of benzene rings is 1. The predicted molar refractivity (Wildman–Crippen MR) is 69.6 cm³/mol. The Morgan fingerprint density at radius 3 is 2.62 bits per heavy atom. The molecule has 2 nitrogen and oxygen atoms in total. The SMILES string of the molecule is C[C](CO)c1cc(Br)cc(OCC(C)C)c1. The van der Waals surface area contributed by atoms with E-state index in [0.29, 0.717) is 12.5 Å². The zero-order valence-corrected chi connectivity index (χ0v) is 11.5. The Labute approximate surface area is 106 Å². The van der Waals surface area contributed by atoms with Crippen LogP contribution in [0.15, 0.2) is 22.7 Å². The van der Waals surface area contributed by atoms with Crippen LogP contribution in [0, 0.1) is 11.8 Å². The number of hydrogen-bond acceptors (Lipinski definition) is 2. The van der Waals surface area contributed by atoms with Gasteiger partial charge in [-0.2, -0.15) is 0 Å². The summed E-state index contributed by atoms with van der Waals surface area (Å²) in [5.41, 5.74) is 1.01. The number of aliphatic hydroxyl groups is 1. The summed E-state index contributed by atoms with van der Waals surface area (Å²) in [4.78, 5) is 0. The van der Waals surface area contributed by atoms with E-state index in [4.69, 9.17) is 9.84 Å². The van der Waals surface area contributed by atoms with E-state index in [1.54, 1.807) is 0 Å². The third kappa shape index (κ3) is 4.14. The zero-order chi connectivity index (χ0) is 12.1. The molecule has 0 fully saturated rings. The van der Waals surface area contributed by atoms with Crippen molar-refractivity contribution in [1.29, 1.82) is 0 Å². The van der Waals surface area contributed by atoms with Gasteiger partial charge in [-0.15, -0.1) is 0 Å². The van der Waals surface area contributed by atoms with Crippen LogP contribution >= 0.6 is 15.9 Å². The van der Waals surface area contributed by atoms with Gasteiger partial charge < -0.3 is 9.84 Å². The number of halogens is 1. The molecule has 1 aromatic carbocycles. The van der Waals surface area contributed by atoms with Crippen molar-refractivity contribution >= 4 is 15.9 Å². The Morgan fingerprint density at radius 1 is 1.38 bits per heavy atom. The molecule has 89 valence electrons. The van der Waals surface area contributed by atoms with Gasteiger partial charge in [0.15, 0.2) is 0 Å². The lowest BCUT2D eigenvalue weighted by Crippen LogP contribution is -2.06. The Hall–Kier alpha value is -0.540. The van der Waals surface area contributed by atoms with Crippen molar-refractivity contribution in [3.05, 3.63) is 34.2 Å². The fraction of sp³-hybridized carbons (Fsp3) is 0.462. The minimum absolute atomic E-state index is 0.0695. The first kappa shape index (κ1) is 13.5. The van der Waals surface area contributed by atoms with Crippen LogP contribution in [-0.4, -0.2) is 18.3 Å². The molecule has 1 radical (unpaired) electrons. The topological polar surface area (TPSA) is 29.5 Å². The van der Waals surface area contributed by atoms with E-state index in [9.17, 15) is 0 Å². The summed E-state index contributed by atoms with van der Waals surface area (Å²) in [5, 5.41) is 9.09. The molecule has 0 unspecified atom stereocenters. The van der Waals surface area contributed by atoms with Crippen LogP contribution in [0.3, 0.4) is 0 Å². The van der Waals surface area contributed by atoms with Gasteiger partial charge in [-0.05, 0) is 29.7 Å². The molecule has 1 N–H and O–H groups in total. The Morgan fingerprint density at radius 2 is 2.06 bits per heavy atom. The molecule has 0 aliphatic carbocycles. The highest BCUT2D eigenvalue weighted by Gasteiger charge is 2.08. The first-order valence-corrected chi connectivity index (χ1v) is 6.19. The molecule has 1 aromatic rings. The van der Waals surface area contributed by atoms with Crippen molar-refractivity contribution in [2.45, 2.75) is 20.8 Å². The quantitative estimate of drug-likeness (QED) is 0.898. The maximum Gasteiger partial charge on any atom is 0.120 e. The van der Waals surface area contributed by atoms with E-state index in [1.807, 2.05) is 25.1 Å². The molecule has 0 aromatic heterocycles. The van der Waals surface area contributed by atoms with Crippen molar-refractivity contribution in [3.8, 4) is 5.75 Å². The van der Waals surface area contributed by atoms with E-state index in [2.05, 4.69) is 29.8 Å². The molecule has 0 saturated carbocycles. The first-order chi connectivity index (χ1) is 7.52. The molecule has 0 aliphatic heterocycles. The third-order valence-corrected chi connectivity index (χ3v) is 2.64. The number of hydrogen-bond donors (Lipinski definition) is 1. The molecule has 1 rings (SSSR count). The summed E-state index contributed by atoms with van der Waals surface area (Å²) in [6.07, 6.45) is 0. The predicted octanol–water partition coefficient (Wildman–Crippen LogP) is 3.42. The summed E-state index contributed by atoms with van der Waals surface area (Å²) >= 11 is 3.44. The average molecular weight is 286 g/mol. The van der Waals surface area contributed by atoms with Crippen LogP contribution in [-0.2, 0) is 0 Å². The summed E-state index contributed by atoms with van der Waals surface area (Å²) in [7, 11) is 0. The van der Waals surface area contributed by atoms with Gasteiger partial charge in [0, 0.05) is 10.4 Å². The normalized spacial score (nSPS) is 11.2. The molecular formula is C13H18BrO2. The summed E-state index contributed by atoms with van der Waals surface area (Å²) in [6.45, 7) is 6.91. The highest BCUT2D eigenvalue weighted by molar-refractivity contribution is 9.10. The second-order valence-electron chi connectivity index (χ2n) is 4.32. The molecule has 0 heterocycles. The molecule has 0 spiro atoms. The van der Waals surface area contributed by atoms with E-state index >= 15 is 0 Å². The molecule has 16 heavy (non-hydrogen) atoms. The van der Waals surface area contributed by atoms with Crippen molar-refractivity contribution in [2.75, 3.05) is 13.2 Å². The van der Waals surface area contributed by atoms with Gasteiger partial charge in [0.2, 0.25) is 0 Å². The van der Waals surface area contributed by atoms with Crippen molar-refractivity contribution in [1.82, 2.24) is 0 Å². The molecular weight excluding hydrogens is 268 g/mol. The molecule has 0 amide bonds. The minimum Gasteiger partial charge on any atom is -0.493 e. The van der Waals surface area contributed by atoms with Crippen LogP contribution in [0.4, 0.5) is 0 Å². The maximum atomic E-state index is 9.09. The zero-order valence-electron chi connectivity index (χ0n) is 9.96. The first-order valence-electron chi connectivity index (χ1n) is 5.40. The number of rotatable bonds is 5. The van der Waals surface area contributed by atoms with Crippen molar-refractivity contribution < 1.29 is 9.84 Å². The van der Waals surface area contributed by atoms with E-state index in [1.165, 1.54) is 0 Å². The summed E-state index contributed by atoms with van der Waals surface area (Å²) in [5.74, 6) is 2.28. The lowest BCUT2D eigenvalue weighted by Gasteiger charge is -2.13. The molecule has 3 heteroatoms. The average Bonchev–Trinajstić information content (AvgIpc) is 2.24. The summed E-state index contributed by atoms with van der Waals surface area (Å²) < 4.78 is 6.63. The maximum absolute atomic E-state index is 9.09. The number of aliphatic hydroxyl groups excluding tert-OH is 1. The van der Waals surface area contributed by atoms with Crippen LogP contribution in [0.5, 0.6) is 5.75 Å². The number of ether oxygens (including phenoxy) is 1. The van der Waals surface area contributed by atoms with Gasteiger partial charge in [-0.1, -0.05) is 36.7 Å². The largest absolute Gasteiger partial charge is 0.493 e. The molecule has 0 saturated heterocycles. The highest BCUT2D eigenvalue weighted by Crippen LogP contribution is 2.26. The van der Waals surface area contributed by atoms with Gasteiger partial charge >= 0.3 is 0 Å². The van der Waals surface area contributed by atoms with Crippen LogP contribution in [0.25, 0.3) is 0 Å². The lowest BCUT2D eigenvalue weighted by molar-refractivity contribution is 0.270. The third-order valence-electron chi connectivity index (χ3n) is 2.18. The second kappa shape index (κ2) is 6.26. The molecule has 0 bridgehead atoms. The van der Waals surface area contributed by atoms with Gasteiger partial charge in [0.25, 0.3) is 0 Å². The van der Waals surface area contributed by atoms with E-state index in [0.717, 1.165) is 21.7 Å². The fourth-order valence-electron chi connectivity index (χ4n) is 1.25. The Bertz CT molecular complexity index is 337. The molecule has 0 atom stereocenters. The fourth-order valence-corrected chi connectivity index (χ4v) is 1.72. The standard InChI is InChI=1S/C13H18BrO2/c1-9(2)8-16-13-5-11(10(3)7-15)4-12(14)6-13/h4-6,9,15H,7-8H2,1-3H3. The summed E-state index contributed by atoms with van der Waals surface area (Å²) in [6, 6.07) is 5.88. The molecule has 0 aliphatic rings. The van der Waals surface area contributed by atoms with Crippen LogP contribution in [0.1, 0.15) is 26.3 Å². The Balaban J connectivity index is 2.81. The van der Waals surface area contributed by atoms with Crippen LogP contribution in [0.2, 0.25) is 0 Å². The smallest absolute Gasteiger partial charge is 0.120 e.